The predicted molar refractivity (Wildman–Crippen MR) is 69.5 cm³/mol. The molecule has 1 saturated carbocycles. The summed E-state index contributed by atoms with van der Waals surface area (Å²) in [6.07, 6.45) is 9.10. The molecule has 0 saturated heterocycles. The molecular formula is C14H29NO. The molecule has 2 N–H and O–H groups in total. The van der Waals surface area contributed by atoms with Crippen molar-refractivity contribution < 1.29 is 5.11 Å². The average Bonchev–Trinajstić information content (AvgIpc) is 2.34. The third-order valence-corrected chi connectivity index (χ3v) is 4.02. The van der Waals surface area contributed by atoms with E-state index in [-0.39, 0.29) is 0 Å². The van der Waals surface area contributed by atoms with Crippen LogP contribution in [0.15, 0.2) is 0 Å². The SMILES string of the molecule is CCC1CCCC(CNC(C)CCCO)C1. The first-order chi connectivity index (χ1) is 7.76. The Morgan fingerprint density at radius 2 is 2.06 bits per heavy atom. The highest BCUT2D eigenvalue weighted by molar-refractivity contribution is 4.75. The molecule has 1 aliphatic rings. The molecule has 96 valence electrons. The minimum atomic E-state index is 0.327. The van der Waals surface area contributed by atoms with Gasteiger partial charge in [0, 0.05) is 12.6 Å². The van der Waals surface area contributed by atoms with E-state index in [4.69, 9.17) is 5.11 Å². The summed E-state index contributed by atoms with van der Waals surface area (Å²) >= 11 is 0. The van der Waals surface area contributed by atoms with Gasteiger partial charge in [0.15, 0.2) is 0 Å². The van der Waals surface area contributed by atoms with Gasteiger partial charge in [0.2, 0.25) is 0 Å². The van der Waals surface area contributed by atoms with Crippen LogP contribution in [-0.4, -0.2) is 24.3 Å². The van der Waals surface area contributed by atoms with Crippen LogP contribution in [0.2, 0.25) is 0 Å². The summed E-state index contributed by atoms with van der Waals surface area (Å²) < 4.78 is 0. The third kappa shape index (κ3) is 5.31. The van der Waals surface area contributed by atoms with Gasteiger partial charge in [0.05, 0.1) is 0 Å². The predicted octanol–water partition coefficient (Wildman–Crippen LogP) is 2.95. The molecule has 0 aromatic heterocycles. The summed E-state index contributed by atoms with van der Waals surface area (Å²) in [7, 11) is 0. The lowest BCUT2D eigenvalue weighted by molar-refractivity contribution is 0.242. The molecule has 1 fully saturated rings. The minimum absolute atomic E-state index is 0.327. The number of hydrogen-bond acceptors (Lipinski definition) is 2. The van der Waals surface area contributed by atoms with Crippen LogP contribution in [0.1, 0.15) is 58.8 Å². The summed E-state index contributed by atoms with van der Waals surface area (Å²) in [6, 6.07) is 0.564. The van der Waals surface area contributed by atoms with Crippen molar-refractivity contribution in [1.82, 2.24) is 5.32 Å². The maximum absolute atomic E-state index is 8.77. The molecule has 3 atom stereocenters. The fourth-order valence-corrected chi connectivity index (χ4v) is 2.83. The Morgan fingerprint density at radius 3 is 2.75 bits per heavy atom. The van der Waals surface area contributed by atoms with Crippen molar-refractivity contribution in [3.63, 3.8) is 0 Å². The Morgan fingerprint density at radius 1 is 1.31 bits per heavy atom. The van der Waals surface area contributed by atoms with E-state index in [0.717, 1.165) is 24.7 Å². The van der Waals surface area contributed by atoms with Gasteiger partial charge >= 0.3 is 0 Å². The highest BCUT2D eigenvalue weighted by atomic mass is 16.2. The Bertz CT molecular complexity index is 172. The third-order valence-electron chi connectivity index (χ3n) is 4.02. The van der Waals surface area contributed by atoms with Crippen LogP contribution < -0.4 is 5.32 Å². The Labute approximate surface area is 101 Å². The largest absolute Gasteiger partial charge is 0.396 e. The fourth-order valence-electron chi connectivity index (χ4n) is 2.83. The molecule has 16 heavy (non-hydrogen) atoms. The van der Waals surface area contributed by atoms with Crippen LogP contribution in [0, 0.1) is 11.8 Å². The van der Waals surface area contributed by atoms with E-state index in [1.165, 1.54) is 38.6 Å². The highest BCUT2D eigenvalue weighted by Gasteiger charge is 2.20. The van der Waals surface area contributed by atoms with Crippen LogP contribution in [0.5, 0.6) is 0 Å². The van der Waals surface area contributed by atoms with Gasteiger partial charge in [-0.25, -0.2) is 0 Å². The zero-order chi connectivity index (χ0) is 11.8. The van der Waals surface area contributed by atoms with Gasteiger partial charge in [-0.15, -0.1) is 0 Å². The number of aliphatic hydroxyl groups is 1. The molecule has 0 radical (unpaired) electrons. The summed E-state index contributed by atoms with van der Waals surface area (Å²) in [4.78, 5) is 0. The minimum Gasteiger partial charge on any atom is -0.396 e. The number of hydrogen-bond donors (Lipinski definition) is 2. The fraction of sp³-hybridized carbons (Fsp3) is 1.00. The second kappa shape index (κ2) is 8.08. The molecule has 0 aromatic rings. The van der Waals surface area contributed by atoms with Crippen molar-refractivity contribution in [2.75, 3.05) is 13.2 Å². The average molecular weight is 227 g/mol. The van der Waals surface area contributed by atoms with E-state index < -0.39 is 0 Å². The zero-order valence-corrected chi connectivity index (χ0v) is 11.0. The number of rotatable bonds is 7. The van der Waals surface area contributed by atoms with Crippen LogP contribution in [-0.2, 0) is 0 Å². The molecular weight excluding hydrogens is 198 g/mol. The highest BCUT2D eigenvalue weighted by Crippen LogP contribution is 2.30. The van der Waals surface area contributed by atoms with Crippen molar-refractivity contribution in [2.24, 2.45) is 11.8 Å². The number of aliphatic hydroxyl groups excluding tert-OH is 1. The summed E-state index contributed by atoms with van der Waals surface area (Å²) in [5, 5.41) is 12.4. The first kappa shape index (κ1) is 14.0. The van der Waals surface area contributed by atoms with E-state index in [2.05, 4.69) is 19.2 Å². The lowest BCUT2D eigenvalue weighted by Gasteiger charge is -2.29. The molecule has 2 nitrogen and oxygen atoms in total. The van der Waals surface area contributed by atoms with Gasteiger partial charge < -0.3 is 10.4 Å². The normalized spacial score (nSPS) is 27.9. The van der Waals surface area contributed by atoms with E-state index >= 15 is 0 Å². The quantitative estimate of drug-likeness (QED) is 0.701. The summed E-state index contributed by atoms with van der Waals surface area (Å²) in [5.41, 5.74) is 0. The monoisotopic (exact) mass is 227 g/mol. The molecule has 1 rings (SSSR count). The van der Waals surface area contributed by atoms with Gasteiger partial charge in [0.1, 0.15) is 0 Å². The van der Waals surface area contributed by atoms with Crippen molar-refractivity contribution in [3.05, 3.63) is 0 Å². The molecule has 0 bridgehead atoms. The van der Waals surface area contributed by atoms with Gasteiger partial charge in [0.25, 0.3) is 0 Å². The standard InChI is InChI=1S/C14H29NO/c1-3-13-7-4-8-14(10-13)11-15-12(2)6-5-9-16/h12-16H,3-11H2,1-2H3. The molecule has 0 aromatic carbocycles. The molecule has 0 aliphatic heterocycles. The van der Waals surface area contributed by atoms with E-state index in [1.54, 1.807) is 0 Å². The molecule has 2 heteroatoms. The van der Waals surface area contributed by atoms with Crippen molar-refractivity contribution in [3.8, 4) is 0 Å². The van der Waals surface area contributed by atoms with Crippen molar-refractivity contribution >= 4 is 0 Å². The Balaban J connectivity index is 2.11. The molecule has 0 heterocycles. The Kier molecular flexibility index (Phi) is 7.06. The first-order valence-electron chi connectivity index (χ1n) is 7.10. The molecule has 1 aliphatic carbocycles. The second-order valence-electron chi connectivity index (χ2n) is 5.48. The topological polar surface area (TPSA) is 32.3 Å². The van der Waals surface area contributed by atoms with Crippen molar-refractivity contribution in [2.45, 2.75) is 64.8 Å². The lowest BCUT2D eigenvalue weighted by Crippen LogP contribution is -2.33. The van der Waals surface area contributed by atoms with Crippen LogP contribution in [0.4, 0.5) is 0 Å². The molecule has 0 spiro atoms. The van der Waals surface area contributed by atoms with E-state index in [9.17, 15) is 0 Å². The maximum atomic E-state index is 8.77. The van der Waals surface area contributed by atoms with Crippen molar-refractivity contribution in [1.29, 1.82) is 0 Å². The van der Waals surface area contributed by atoms with Gasteiger partial charge in [-0.3, -0.25) is 0 Å². The smallest absolute Gasteiger partial charge is 0.0431 e. The van der Waals surface area contributed by atoms with E-state index in [1.807, 2.05) is 0 Å². The van der Waals surface area contributed by atoms with Crippen LogP contribution >= 0.6 is 0 Å². The summed E-state index contributed by atoms with van der Waals surface area (Å²) in [6.45, 7) is 6.07. The van der Waals surface area contributed by atoms with Gasteiger partial charge in [-0.2, -0.15) is 0 Å². The zero-order valence-electron chi connectivity index (χ0n) is 11.0. The van der Waals surface area contributed by atoms with Crippen LogP contribution in [0.3, 0.4) is 0 Å². The molecule has 0 amide bonds. The van der Waals surface area contributed by atoms with Crippen LogP contribution in [0.25, 0.3) is 0 Å². The lowest BCUT2D eigenvalue weighted by atomic mass is 9.80. The summed E-state index contributed by atoms with van der Waals surface area (Å²) in [5.74, 6) is 1.88. The van der Waals surface area contributed by atoms with E-state index in [0.29, 0.717) is 12.6 Å². The molecule has 3 unspecified atom stereocenters. The van der Waals surface area contributed by atoms with Gasteiger partial charge in [-0.1, -0.05) is 26.2 Å². The van der Waals surface area contributed by atoms with Gasteiger partial charge in [-0.05, 0) is 51.0 Å². The Hall–Kier alpha value is -0.0800. The maximum Gasteiger partial charge on any atom is 0.0431 e. The first-order valence-corrected chi connectivity index (χ1v) is 7.10. The second-order valence-corrected chi connectivity index (χ2v) is 5.48. The number of nitrogens with one attached hydrogen (secondary N) is 1.